The van der Waals surface area contributed by atoms with Gasteiger partial charge in [0.05, 0.1) is 6.42 Å². The van der Waals surface area contributed by atoms with Gasteiger partial charge in [-0.2, -0.15) is 0 Å². The second kappa shape index (κ2) is 7.83. The smallest absolute Gasteiger partial charge is 0.326 e. The lowest BCUT2D eigenvalue weighted by atomic mass is 10.1. The van der Waals surface area contributed by atoms with Gasteiger partial charge < -0.3 is 10.4 Å². The molecule has 24 heavy (non-hydrogen) atoms. The molecule has 0 unspecified atom stereocenters. The lowest BCUT2D eigenvalue weighted by Crippen LogP contribution is -2.43. The van der Waals surface area contributed by atoms with E-state index in [2.05, 4.69) is 10.3 Å². The van der Waals surface area contributed by atoms with Crippen LogP contribution in [0, 0.1) is 11.6 Å². The van der Waals surface area contributed by atoms with E-state index < -0.39 is 41.5 Å². The van der Waals surface area contributed by atoms with Gasteiger partial charge in [-0.25, -0.2) is 18.6 Å². The molecule has 1 aromatic heterocycles. The van der Waals surface area contributed by atoms with Crippen LogP contribution in [0.5, 0.6) is 0 Å². The van der Waals surface area contributed by atoms with Gasteiger partial charge in [-0.05, 0) is 23.8 Å². The van der Waals surface area contributed by atoms with Crippen molar-refractivity contribution in [1.82, 2.24) is 10.3 Å². The number of rotatable bonds is 6. The highest BCUT2D eigenvalue weighted by molar-refractivity contribution is 6.29. The van der Waals surface area contributed by atoms with E-state index >= 15 is 0 Å². The van der Waals surface area contributed by atoms with E-state index in [0.717, 1.165) is 12.1 Å². The highest BCUT2D eigenvalue weighted by Crippen LogP contribution is 2.13. The predicted octanol–water partition coefficient (Wildman–Crippen LogP) is 2.37. The van der Waals surface area contributed by atoms with Gasteiger partial charge in [-0.15, -0.1) is 0 Å². The number of carbonyl (C=O) groups is 2. The average Bonchev–Trinajstić information content (AvgIpc) is 2.52. The fourth-order valence-electron chi connectivity index (χ4n) is 2.07. The van der Waals surface area contributed by atoms with Crippen LogP contribution in [0.2, 0.25) is 5.15 Å². The van der Waals surface area contributed by atoms with E-state index in [1.54, 1.807) is 6.07 Å². The first-order valence-corrected chi connectivity index (χ1v) is 7.30. The molecule has 0 aliphatic carbocycles. The van der Waals surface area contributed by atoms with Gasteiger partial charge in [0.25, 0.3) is 0 Å². The Labute approximate surface area is 141 Å². The van der Waals surface area contributed by atoms with Crippen LogP contribution < -0.4 is 5.32 Å². The van der Waals surface area contributed by atoms with Crippen LogP contribution in [0.15, 0.2) is 36.5 Å². The Morgan fingerprint density at radius 1 is 1.21 bits per heavy atom. The molecule has 8 heteroatoms. The highest BCUT2D eigenvalue weighted by Gasteiger charge is 2.22. The van der Waals surface area contributed by atoms with Crippen molar-refractivity contribution in [1.29, 1.82) is 0 Å². The Morgan fingerprint density at radius 3 is 2.42 bits per heavy atom. The Bertz CT molecular complexity index is 733. The first-order chi connectivity index (χ1) is 11.4. The van der Waals surface area contributed by atoms with E-state index in [4.69, 9.17) is 11.6 Å². The van der Waals surface area contributed by atoms with Gasteiger partial charge in [0.15, 0.2) is 0 Å². The van der Waals surface area contributed by atoms with Crippen LogP contribution in [0.3, 0.4) is 0 Å². The number of carbonyl (C=O) groups excluding carboxylic acids is 1. The average molecular weight is 355 g/mol. The summed E-state index contributed by atoms with van der Waals surface area (Å²) in [4.78, 5) is 27.0. The maximum Gasteiger partial charge on any atom is 0.326 e. The minimum absolute atomic E-state index is 0.0367. The van der Waals surface area contributed by atoms with Crippen LogP contribution in [0.25, 0.3) is 0 Å². The molecule has 1 amide bonds. The van der Waals surface area contributed by atoms with Crippen LogP contribution in [-0.2, 0) is 22.4 Å². The monoisotopic (exact) mass is 354 g/mol. The number of pyridine rings is 1. The van der Waals surface area contributed by atoms with Gasteiger partial charge in [0.1, 0.15) is 22.8 Å². The molecule has 0 saturated carbocycles. The molecule has 1 aromatic carbocycles. The Morgan fingerprint density at radius 2 is 1.88 bits per heavy atom. The van der Waals surface area contributed by atoms with Gasteiger partial charge in [0, 0.05) is 18.2 Å². The number of benzene rings is 1. The number of nitrogens with one attached hydrogen (secondary N) is 1. The number of hydrogen-bond donors (Lipinski definition) is 2. The topological polar surface area (TPSA) is 79.3 Å². The van der Waals surface area contributed by atoms with Crippen LogP contribution in [0.4, 0.5) is 8.78 Å². The predicted molar refractivity (Wildman–Crippen MR) is 82.6 cm³/mol. The summed E-state index contributed by atoms with van der Waals surface area (Å²) in [5.74, 6) is -3.79. The van der Waals surface area contributed by atoms with Crippen molar-refractivity contribution in [3.63, 3.8) is 0 Å². The van der Waals surface area contributed by atoms with E-state index in [0.29, 0.717) is 5.56 Å². The number of hydrogen-bond acceptors (Lipinski definition) is 3. The zero-order valence-corrected chi connectivity index (χ0v) is 13.1. The number of aliphatic carboxylic acids is 1. The van der Waals surface area contributed by atoms with Crippen molar-refractivity contribution in [2.24, 2.45) is 0 Å². The maximum absolute atomic E-state index is 13.5. The van der Waals surface area contributed by atoms with Crippen molar-refractivity contribution in [2.75, 3.05) is 0 Å². The van der Waals surface area contributed by atoms with Crippen LogP contribution in [0.1, 0.15) is 11.1 Å². The van der Waals surface area contributed by atoms with Gasteiger partial charge in [-0.3, -0.25) is 4.79 Å². The van der Waals surface area contributed by atoms with Crippen molar-refractivity contribution in [3.05, 3.63) is 64.4 Å². The molecule has 0 radical (unpaired) electrons. The summed E-state index contributed by atoms with van der Waals surface area (Å²) in [5, 5.41) is 11.7. The molecule has 5 nitrogen and oxygen atoms in total. The lowest BCUT2D eigenvalue weighted by Gasteiger charge is -2.15. The van der Waals surface area contributed by atoms with Crippen molar-refractivity contribution in [2.45, 2.75) is 18.9 Å². The Balaban J connectivity index is 2.06. The minimum Gasteiger partial charge on any atom is -0.480 e. The molecule has 126 valence electrons. The van der Waals surface area contributed by atoms with E-state index in [1.807, 2.05) is 0 Å². The molecule has 2 aromatic rings. The summed E-state index contributed by atoms with van der Waals surface area (Å²) in [7, 11) is 0. The maximum atomic E-state index is 13.5. The molecule has 0 aliphatic rings. The minimum atomic E-state index is -1.27. The fourth-order valence-corrected chi connectivity index (χ4v) is 2.18. The number of halogens is 3. The molecule has 1 atom stereocenters. The van der Waals surface area contributed by atoms with Gasteiger partial charge in [0.2, 0.25) is 5.91 Å². The summed E-state index contributed by atoms with van der Waals surface area (Å²) in [5.41, 5.74) is 0.136. The van der Waals surface area contributed by atoms with Gasteiger partial charge in [-0.1, -0.05) is 23.7 Å². The van der Waals surface area contributed by atoms with Crippen LogP contribution >= 0.6 is 11.6 Å². The first-order valence-electron chi connectivity index (χ1n) is 6.92. The largest absolute Gasteiger partial charge is 0.480 e. The van der Waals surface area contributed by atoms with Crippen molar-refractivity contribution in [3.8, 4) is 0 Å². The van der Waals surface area contributed by atoms with Crippen LogP contribution in [-0.4, -0.2) is 28.0 Å². The number of nitrogens with zero attached hydrogens (tertiary/aromatic N) is 1. The second-order valence-corrected chi connectivity index (χ2v) is 5.42. The number of carboxylic acids is 1. The molecule has 0 saturated heterocycles. The number of carboxylic acid groups (broad SMARTS) is 1. The zero-order chi connectivity index (χ0) is 17.7. The number of aromatic nitrogens is 1. The molecule has 1 heterocycles. The first kappa shape index (κ1) is 17.8. The molecular formula is C16H13ClF2N2O3. The third-order valence-corrected chi connectivity index (χ3v) is 3.48. The summed E-state index contributed by atoms with van der Waals surface area (Å²) < 4.78 is 27.1. The third kappa shape index (κ3) is 4.73. The highest BCUT2D eigenvalue weighted by atomic mass is 35.5. The Kier molecular flexibility index (Phi) is 5.81. The molecule has 2 N–H and O–H groups in total. The molecule has 0 bridgehead atoms. The number of amides is 1. The standard InChI is InChI=1S/C16H13ClF2N2O3/c17-14-5-4-9(8-20-14)6-13(16(23)24)21-15(22)7-10-11(18)2-1-3-12(10)19/h1-5,8,13H,6-7H2,(H,21,22)(H,23,24)/t13-/m0/s1. The lowest BCUT2D eigenvalue weighted by molar-refractivity contribution is -0.141. The van der Waals surface area contributed by atoms with Crippen molar-refractivity contribution < 1.29 is 23.5 Å². The molecule has 0 fully saturated rings. The zero-order valence-electron chi connectivity index (χ0n) is 12.3. The van der Waals surface area contributed by atoms with E-state index in [9.17, 15) is 23.5 Å². The van der Waals surface area contributed by atoms with E-state index in [-0.39, 0.29) is 11.6 Å². The summed E-state index contributed by atoms with van der Waals surface area (Å²) in [6, 6.07) is 5.05. The summed E-state index contributed by atoms with van der Waals surface area (Å²) in [6.45, 7) is 0. The quantitative estimate of drug-likeness (QED) is 0.781. The van der Waals surface area contributed by atoms with Crippen molar-refractivity contribution >= 4 is 23.5 Å². The normalized spacial score (nSPS) is 11.8. The SMILES string of the molecule is O=C(Cc1c(F)cccc1F)N[C@@H](Cc1ccc(Cl)nc1)C(=O)O. The molecule has 0 aliphatic heterocycles. The molecular weight excluding hydrogens is 342 g/mol. The summed E-state index contributed by atoms with van der Waals surface area (Å²) in [6.07, 6.45) is 0.757. The van der Waals surface area contributed by atoms with E-state index in [1.165, 1.54) is 18.3 Å². The van der Waals surface area contributed by atoms with Gasteiger partial charge >= 0.3 is 5.97 Å². The summed E-state index contributed by atoms with van der Waals surface area (Å²) >= 11 is 5.65. The second-order valence-electron chi connectivity index (χ2n) is 5.03. The fraction of sp³-hybridized carbons (Fsp3) is 0.188. The molecule has 2 rings (SSSR count). The molecule has 0 spiro atoms. The Hall–Kier alpha value is -2.54. The third-order valence-electron chi connectivity index (χ3n) is 3.26.